The van der Waals surface area contributed by atoms with Crippen molar-refractivity contribution < 1.29 is 9.68 Å². The van der Waals surface area contributed by atoms with Gasteiger partial charge in [-0.05, 0) is 53.0 Å². The molecule has 0 bridgehead atoms. The summed E-state index contributed by atoms with van der Waals surface area (Å²) in [5.74, 6) is 0. The van der Waals surface area contributed by atoms with E-state index >= 15 is 0 Å². The number of unbranched alkanes of at least 4 members (excludes halogenated alkanes) is 1. The molecule has 122 valence electrons. The number of nitrogens with zero attached hydrogens (tertiary/aromatic N) is 2. The van der Waals surface area contributed by atoms with Crippen LogP contribution in [0.2, 0.25) is 0 Å². The molecule has 0 aliphatic carbocycles. The van der Waals surface area contributed by atoms with Crippen LogP contribution in [0.5, 0.6) is 0 Å². The minimum absolute atomic E-state index is 0.116. The van der Waals surface area contributed by atoms with Crippen molar-refractivity contribution in [3.8, 4) is 0 Å². The third-order valence-corrected chi connectivity index (χ3v) is 2.81. The first-order valence-electron chi connectivity index (χ1n) is 7.86. The highest BCUT2D eigenvalue weighted by molar-refractivity contribution is 4.59. The van der Waals surface area contributed by atoms with Gasteiger partial charge in [-0.2, -0.15) is 10.1 Å². The minimum Gasteiger partial charge on any atom is -0.330 e. The van der Waals surface area contributed by atoms with E-state index in [9.17, 15) is 0 Å². The van der Waals surface area contributed by atoms with Crippen LogP contribution in [-0.4, -0.2) is 55.6 Å². The number of nitrogens with two attached hydrogens (primary N) is 1. The Morgan fingerprint density at radius 3 is 1.90 bits per heavy atom. The first-order valence-corrected chi connectivity index (χ1v) is 7.86. The maximum Gasteiger partial charge on any atom is 0.0815 e. The number of hydrogen-bond acceptors (Lipinski definition) is 5. The summed E-state index contributed by atoms with van der Waals surface area (Å²) in [7, 11) is 1.72. The SMILES string of the molecule is CCCN(CCCCN(CCCN)OC)OC(C)(C)C. The molecule has 0 amide bonds. The Morgan fingerprint density at radius 2 is 1.45 bits per heavy atom. The smallest absolute Gasteiger partial charge is 0.0815 e. The van der Waals surface area contributed by atoms with Crippen LogP contribution < -0.4 is 5.73 Å². The molecule has 0 spiro atoms. The maximum atomic E-state index is 5.95. The Kier molecular flexibility index (Phi) is 11.3. The average Bonchev–Trinajstić information content (AvgIpc) is 2.36. The van der Waals surface area contributed by atoms with Gasteiger partial charge < -0.3 is 10.6 Å². The molecule has 0 rings (SSSR count). The molecule has 0 atom stereocenters. The average molecular weight is 289 g/mol. The summed E-state index contributed by atoms with van der Waals surface area (Å²) < 4.78 is 0. The van der Waals surface area contributed by atoms with Crippen molar-refractivity contribution in [1.29, 1.82) is 0 Å². The van der Waals surface area contributed by atoms with Gasteiger partial charge in [-0.3, -0.25) is 4.84 Å². The first kappa shape index (κ1) is 19.8. The van der Waals surface area contributed by atoms with Gasteiger partial charge in [0.25, 0.3) is 0 Å². The van der Waals surface area contributed by atoms with Crippen LogP contribution in [0.3, 0.4) is 0 Å². The van der Waals surface area contributed by atoms with Crippen LogP contribution in [-0.2, 0) is 9.68 Å². The van der Waals surface area contributed by atoms with Crippen LogP contribution in [0.4, 0.5) is 0 Å². The Morgan fingerprint density at radius 1 is 0.900 bits per heavy atom. The standard InChI is InChI=1S/C15H35N3O2/c1-6-11-18(20-15(2,3)4)13-8-7-12-17(19-5)14-9-10-16/h6-14,16H2,1-5H3. The Hall–Kier alpha value is -0.200. The second kappa shape index (κ2) is 11.5. The fourth-order valence-electron chi connectivity index (χ4n) is 1.98. The molecule has 20 heavy (non-hydrogen) atoms. The molecule has 0 radical (unpaired) electrons. The van der Waals surface area contributed by atoms with E-state index in [1.54, 1.807) is 7.11 Å². The van der Waals surface area contributed by atoms with Crippen molar-refractivity contribution in [2.24, 2.45) is 5.73 Å². The zero-order valence-electron chi connectivity index (χ0n) is 14.2. The van der Waals surface area contributed by atoms with Gasteiger partial charge in [0.2, 0.25) is 0 Å². The Bertz CT molecular complexity index is 220. The minimum atomic E-state index is -0.116. The van der Waals surface area contributed by atoms with Crippen molar-refractivity contribution in [2.45, 2.75) is 59.0 Å². The van der Waals surface area contributed by atoms with Crippen LogP contribution in [0, 0.1) is 0 Å². The fourth-order valence-corrected chi connectivity index (χ4v) is 1.98. The lowest BCUT2D eigenvalue weighted by atomic mass is 10.2. The molecular formula is C15H35N3O2. The quantitative estimate of drug-likeness (QED) is 0.442. The topological polar surface area (TPSA) is 51.0 Å². The molecule has 0 aliphatic heterocycles. The van der Waals surface area contributed by atoms with Crippen LogP contribution in [0.1, 0.15) is 53.4 Å². The van der Waals surface area contributed by atoms with Crippen molar-refractivity contribution >= 4 is 0 Å². The molecule has 0 heterocycles. The first-order chi connectivity index (χ1) is 9.42. The van der Waals surface area contributed by atoms with Gasteiger partial charge in [-0.1, -0.05) is 6.92 Å². The normalized spacial score (nSPS) is 12.6. The fraction of sp³-hybridized carbons (Fsp3) is 1.00. The summed E-state index contributed by atoms with van der Waals surface area (Å²) in [6.45, 7) is 13.0. The van der Waals surface area contributed by atoms with E-state index in [0.29, 0.717) is 6.54 Å². The summed E-state index contributed by atoms with van der Waals surface area (Å²) >= 11 is 0. The molecule has 2 N–H and O–H groups in total. The molecule has 5 nitrogen and oxygen atoms in total. The molecule has 5 heteroatoms. The van der Waals surface area contributed by atoms with Crippen LogP contribution in [0.15, 0.2) is 0 Å². The van der Waals surface area contributed by atoms with E-state index in [4.69, 9.17) is 15.4 Å². The Labute approximate surface area is 125 Å². The molecule has 0 aromatic carbocycles. The number of hydrogen-bond donors (Lipinski definition) is 1. The highest BCUT2D eigenvalue weighted by Gasteiger charge is 2.16. The molecule has 0 aromatic rings. The maximum absolute atomic E-state index is 5.95. The zero-order valence-corrected chi connectivity index (χ0v) is 14.2. The van der Waals surface area contributed by atoms with Crippen molar-refractivity contribution in [3.05, 3.63) is 0 Å². The lowest BCUT2D eigenvalue weighted by molar-refractivity contribution is -0.229. The molecule has 0 fully saturated rings. The van der Waals surface area contributed by atoms with Gasteiger partial charge >= 0.3 is 0 Å². The van der Waals surface area contributed by atoms with Gasteiger partial charge in [0, 0.05) is 26.2 Å². The van der Waals surface area contributed by atoms with E-state index in [0.717, 1.165) is 51.9 Å². The highest BCUT2D eigenvalue weighted by Crippen LogP contribution is 2.11. The second-order valence-electron chi connectivity index (χ2n) is 6.09. The van der Waals surface area contributed by atoms with Gasteiger partial charge in [0.15, 0.2) is 0 Å². The lowest BCUT2D eigenvalue weighted by Gasteiger charge is -2.30. The Balaban J connectivity index is 3.86. The van der Waals surface area contributed by atoms with Gasteiger partial charge in [-0.15, -0.1) is 0 Å². The monoisotopic (exact) mass is 289 g/mol. The third kappa shape index (κ3) is 11.6. The summed E-state index contributed by atoms with van der Waals surface area (Å²) in [5, 5.41) is 4.08. The van der Waals surface area contributed by atoms with E-state index < -0.39 is 0 Å². The van der Waals surface area contributed by atoms with E-state index in [2.05, 4.69) is 32.8 Å². The summed E-state index contributed by atoms with van der Waals surface area (Å²) in [5.41, 5.74) is 5.40. The van der Waals surface area contributed by atoms with Gasteiger partial charge in [0.1, 0.15) is 0 Å². The molecular weight excluding hydrogens is 254 g/mol. The molecule has 0 aliphatic rings. The molecule has 0 saturated carbocycles. The van der Waals surface area contributed by atoms with E-state index in [1.165, 1.54) is 0 Å². The van der Waals surface area contributed by atoms with Gasteiger partial charge in [-0.25, -0.2) is 0 Å². The third-order valence-electron chi connectivity index (χ3n) is 2.81. The molecule has 0 unspecified atom stereocenters. The van der Waals surface area contributed by atoms with Crippen molar-refractivity contribution in [2.75, 3.05) is 39.8 Å². The van der Waals surface area contributed by atoms with Crippen molar-refractivity contribution in [3.63, 3.8) is 0 Å². The summed E-state index contributed by atoms with van der Waals surface area (Å²) in [6, 6.07) is 0. The molecule has 0 saturated heterocycles. The highest BCUT2D eigenvalue weighted by atomic mass is 16.7. The van der Waals surface area contributed by atoms with Crippen LogP contribution >= 0.6 is 0 Å². The predicted molar refractivity (Wildman–Crippen MR) is 84.2 cm³/mol. The lowest BCUT2D eigenvalue weighted by Crippen LogP contribution is -2.35. The number of rotatable bonds is 12. The largest absolute Gasteiger partial charge is 0.330 e. The summed E-state index contributed by atoms with van der Waals surface area (Å²) in [4.78, 5) is 11.3. The van der Waals surface area contributed by atoms with Gasteiger partial charge in [0.05, 0.1) is 12.7 Å². The van der Waals surface area contributed by atoms with Crippen molar-refractivity contribution in [1.82, 2.24) is 10.1 Å². The van der Waals surface area contributed by atoms with E-state index in [-0.39, 0.29) is 5.60 Å². The van der Waals surface area contributed by atoms with Crippen LogP contribution in [0.25, 0.3) is 0 Å². The predicted octanol–water partition coefficient (Wildman–Crippen LogP) is 2.42. The molecule has 0 aromatic heterocycles. The van der Waals surface area contributed by atoms with E-state index in [1.807, 2.05) is 5.06 Å². The zero-order chi connectivity index (χ0) is 15.4. The summed E-state index contributed by atoms with van der Waals surface area (Å²) in [6.07, 6.45) is 4.30. The second-order valence-corrected chi connectivity index (χ2v) is 6.09. The number of hydroxylamine groups is 4.